The van der Waals surface area contributed by atoms with E-state index in [-0.39, 0.29) is 5.91 Å². The molecule has 146 valence electrons. The maximum Gasteiger partial charge on any atom is 0.255 e. The molecule has 0 radical (unpaired) electrons. The Hall–Kier alpha value is -3.48. The zero-order valence-corrected chi connectivity index (χ0v) is 16.3. The zero-order chi connectivity index (χ0) is 20.1. The lowest BCUT2D eigenvalue weighted by Crippen LogP contribution is -2.31. The number of nitrogens with one attached hydrogen (secondary N) is 1. The van der Waals surface area contributed by atoms with Crippen molar-refractivity contribution in [2.75, 3.05) is 21.3 Å². The van der Waals surface area contributed by atoms with Gasteiger partial charge in [-0.2, -0.15) is 0 Å². The highest BCUT2D eigenvalue weighted by Gasteiger charge is 2.23. The maximum atomic E-state index is 13.1. The summed E-state index contributed by atoms with van der Waals surface area (Å²) in [4.78, 5) is 17.5. The van der Waals surface area contributed by atoms with Crippen molar-refractivity contribution >= 4 is 5.91 Å². The fourth-order valence-electron chi connectivity index (χ4n) is 2.97. The van der Waals surface area contributed by atoms with E-state index in [4.69, 9.17) is 14.2 Å². The number of amides is 1. The molecule has 0 aliphatic carbocycles. The van der Waals surface area contributed by atoms with Crippen LogP contribution >= 0.6 is 0 Å². The molecular formula is C21H23N3O4. The number of imidazole rings is 1. The van der Waals surface area contributed by atoms with E-state index in [1.807, 2.05) is 42.1 Å². The first-order valence-electron chi connectivity index (χ1n) is 8.71. The molecule has 0 aliphatic rings. The molecule has 7 nitrogen and oxygen atoms in total. The summed E-state index contributed by atoms with van der Waals surface area (Å²) >= 11 is 0. The average Bonchev–Trinajstić information content (AvgIpc) is 3.16. The number of nitrogens with zero attached hydrogens (tertiary/aromatic N) is 2. The number of benzene rings is 2. The minimum Gasteiger partial charge on any atom is -0.497 e. The lowest BCUT2D eigenvalue weighted by Gasteiger charge is -2.20. The number of hydrogen-bond donors (Lipinski definition) is 1. The van der Waals surface area contributed by atoms with Crippen LogP contribution in [0, 0.1) is 0 Å². The van der Waals surface area contributed by atoms with Crippen molar-refractivity contribution in [3.63, 3.8) is 0 Å². The molecule has 1 N–H and O–H groups in total. The summed E-state index contributed by atoms with van der Waals surface area (Å²) in [5, 5.41) is 3.06. The second kappa shape index (κ2) is 8.47. The summed E-state index contributed by atoms with van der Waals surface area (Å²) in [7, 11) is 6.57. The van der Waals surface area contributed by atoms with E-state index in [1.165, 1.54) is 7.11 Å². The van der Waals surface area contributed by atoms with Crippen LogP contribution in [0.15, 0.2) is 54.9 Å². The number of ether oxygens (including phenoxy) is 3. The van der Waals surface area contributed by atoms with E-state index >= 15 is 0 Å². The van der Waals surface area contributed by atoms with Gasteiger partial charge in [0.15, 0.2) is 0 Å². The van der Waals surface area contributed by atoms with Gasteiger partial charge in [-0.1, -0.05) is 12.1 Å². The van der Waals surface area contributed by atoms with Gasteiger partial charge in [0.25, 0.3) is 5.91 Å². The second-order valence-corrected chi connectivity index (χ2v) is 6.15. The molecule has 0 spiro atoms. The molecule has 7 heteroatoms. The first-order chi connectivity index (χ1) is 13.6. The predicted octanol–water partition coefficient (Wildman–Crippen LogP) is 2.97. The minimum absolute atomic E-state index is 0.282. The third-order valence-electron chi connectivity index (χ3n) is 4.47. The summed E-state index contributed by atoms with van der Waals surface area (Å²) in [6.45, 7) is 0. The van der Waals surface area contributed by atoms with Crippen LogP contribution in [0.3, 0.4) is 0 Å². The molecule has 0 fully saturated rings. The van der Waals surface area contributed by atoms with Crippen molar-refractivity contribution in [1.82, 2.24) is 14.9 Å². The molecule has 1 amide bonds. The van der Waals surface area contributed by atoms with E-state index in [9.17, 15) is 4.79 Å². The summed E-state index contributed by atoms with van der Waals surface area (Å²) in [5.41, 5.74) is 1.26. The molecule has 1 aromatic heterocycles. The summed E-state index contributed by atoms with van der Waals surface area (Å²) in [6, 6.07) is 12.1. The summed E-state index contributed by atoms with van der Waals surface area (Å²) in [5.74, 6) is 2.17. The van der Waals surface area contributed by atoms with Gasteiger partial charge in [0, 0.05) is 25.5 Å². The number of hydrogen-bond acceptors (Lipinski definition) is 5. The number of aromatic nitrogens is 2. The van der Waals surface area contributed by atoms with E-state index < -0.39 is 6.04 Å². The second-order valence-electron chi connectivity index (χ2n) is 6.15. The van der Waals surface area contributed by atoms with Gasteiger partial charge in [-0.05, 0) is 29.8 Å². The first kappa shape index (κ1) is 19.3. The van der Waals surface area contributed by atoms with Gasteiger partial charge in [-0.3, -0.25) is 4.79 Å². The van der Waals surface area contributed by atoms with Crippen molar-refractivity contribution in [1.29, 1.82) is 0 Å². The lowest BCUT2D eigenvalue weighted by atomic mass is 10.0. The SMILES string of the molecule is COc1cccc(C(NC(=O)c2ccc(OC)cc2OC)c2nccn2C)c1. The maximum absolute atomic E-state index is 13.1. The molecule has 0 saturated carbocycles. The van der Waals surface area contributed by atoms with Crippen LogP contribution in [0.2, 0.25) is 0 Å². The third-order valence-corrected chi connectivity index (χ3v) is 4.47. The molecule has 2 aromatic carbocycles. The standard InChI is InChI=1S/C21H23N3O4/c1-24-11-10-22-20(24)19(14-6-5-7-15(12-14)26-2)23-21(25)17-9-8-16(27-3)13-18(17)28-4/h5-13,19H,1-4H3,(H,23,25). The van der Waals surface area contributed by atoms with Gasteiger partial charge >= 0.3 is 0 Å². The van der Waals surface area contributed by atoms with Crippen molar-refractivity contribution in [3.05, 3.63) is 71.8 Å². The molecular weight excluding hydrogens is 358 g/mol. The Morgan fingerprint density at radius 1 is 1.04 bits per heavy atom. The zero-order valence-electron chi connectivity index (χ0n) is 16.3. The van der Waals surface area contributed by atoms with Gasteiger partial charge in [-0.25, -0.2) is 4.98 Å². The first-order valence-corrected chi connectivity index (χ1v) is 8.71. The minimum atomic E-state index is -0.464. The Morgan fingerprint density at radius 3 is 2.43 bits per heavy atom. The molecule has 0 aliphatic heterocycles. The van der Waals surface area contributed by atoms with Crippen molar-refractivity contribution < 1.29 is 19.0 Å². The van der Waals surface area contributed by atoms with Gasteiger partial charge in [0.05, 0.1) is 26.9 Å². The smallest absolute Gasteiger partial charge is 0.255 e. The normalized spacial score (nSPS) is 11.6. The van der Waals surface area contributed by atoms with Crippen LogP contribution < -0.4 is 19.5 Å². The molecule has 1 unspecified atom stereocenters. The topological polar surface area (TPSA) is 74.6 Å². The summed E-state index contributed by atoms with van der Waals surface area (Å²) in [6.07, 6.45) is 3.53. The van der Waals surface area contributed by atoms with Gasteiger partial charge in [0.1, 0.15) is 29.1 Å². The molecule has 3 aromatic rings. The number of carbonyl (C=O) groups is 1. The van der Waals surface area contributed by atoms with E-state index in [0.29, 0.717) is 28.6 Å². The van der Waals surface area contributed by atoms with E-state index in [2.05, 4.69) is 10.3 Å². The van der Waals surface area contributed by atoms with Crippen molar-refractivity contribution in [3.8, 4) is 17.2 Å². The number of aryl methyl sites for hydroxylation is 1. The molecule has 0 saturated heterocycles. The Balaban J connectivity index is 1.98. The van der Waals surface area contributed by atoms with Crippen LogP contribution in [0.1, 0.15) is 27.8 Å². The number of rotatable bonds is 7. The Morgan fingerprint density at radius 2 is 1.79 bits per heavy atom. The third kappa shape index (κ3) is 3.93. The largest absolute Gasteiger partial charge is 0.497 e. The molecule has 1 heterocycles. The van der Waals surface area contributed by atoms with Gasteiger partial charge in [0.2, 0.25) is 0 Å². The van der Waals surface area contributed by atoms with Gasteiger partial charge in [-0.15, -0.1) is 0 Å². The fourth-order valence-corrected chi connectivity index (χ4v) is 2.97. The molecule has 3 rings (SSSR count). The van der Waals surface area contributed by atoms with E-state index in [0.717, 1.165) is 5.56 Å². The molecule has 0 bridgehead atoms. The average molecular weight is 381 g/mol. The van der Waals surface area contributed by atoms with Crippen LogP contribution in [0.5, 0.6) is 17.2 Å². The molecule has 28 heavy (non-hydrogen) atoms. The van der Waals surface area contributed by atoms with Crippen LogP contribution in [-0.4, -0.2) is 36.8 Å². The predicted molar refractivity (Wildman–Crippen MR) is 105 cm³/mol. The Bertz CT molecular complexity index is 968. The van der Waals surface area contributed by atoms with E-state index in [1.54, 1.807) is 38.6 Å². The van der Waals surface area contributed by atoms with Crippen LogP contribution in [-0.2, 0) is 7.05 Å². The van der Waals surface area contributed by atoms with Crippen LogP contribution in [0.4, 0.5) is 0 Å². The quantitative estimate of drug-likeness (QED) is 0.681. The molecule has 1 atom stereocenters. The highest BCUT2D eigenvalue weighted by molar-refractivity contribution is 5.97. The van der Waals surface area contributed by atoms with Crippen LogP contribution in [0.25, 0.3) is 0 Å². The number of carbonyl (C=O) groups excluding carboxylic acids is 1. The van der Waals surface area contributed by atoms with Gasteiger partial charge < -0.3 is 24.1 Å². The van der Waals surface area contributed by atoms with Crippen molar-refractivity contribution in [2.45, 2.75) is 6.04 Å². The summed E-state index contributed by atoms with van der Waals surface area (Å²) < 4.78 is 17.8. The highest BCUT2D eigenvalue weighted by Crippen LogP contribution is 2.28. The van der Waals surface area contributed by atoms with Crippen molar-refractivity contribution in [2.24, 2.45) is 7.05 Å². The fraction of sp³-hybridized carbons (Fsp3) is 0.238. The lowest BCUT2D eigenvalue weighted by molar-refractivity contribution is 0.0938. The Kier molecular flexibility index (Phi) is 5.84. The highest BCUT2D eigenvalue weighted by atomic mass is 16.5. The number of methoxy groups -OCH3 is 3. The Labute approximate surface area is 163 Å². The monoisotopic (exact) mass is 381 g/mol.